The zero-order valence-electron chi connectivity index (χ0n) is 25.5. The molecule has 4 aromatic rings. The Morgan fingerprint density at radius 3 is 2.14 bits per heavy atom. The lowest BCUT2D eigenvalue weighted by molar-refractivity contribution is -0.154. The van der Waals surface area contributed by atoms with E-state index in [9.17, 15) is 22.8 Å². The van der Waals surface area contributed by atoms with Gasteiger partial charge in [-0.1, -0.05) is 45.4 Å². The van der Waals surface area contributed by atoms with Crippen LogP contribution in [-0.2, 0) is 12.7 Å². The van der Waals surface area contributed by atoms with Gasteiger partial charge >= 0.3 is 12.1 Å². The summed E-state index contributed by atoms with van der Waals surface area (Å²) in [6.07, 6.45) is -5.06. The molecule has 6 nitrogen and oxygen atoms in total. The summed E-state index contributed by atoms with van der Waals surface area (Å²) >= 11 is 5.95. The first-order valence-electron chi connectivity index (χ1n) is 14.3. The van der Waals surface area contributed by atoms with Crippen LogP contribution in [0.15, 0.2) is 63.8 Å². The second-order valence-corrected chi connectivity index (χ2v) is 12.2. The minimum absolute atomic E-state index is 0.0194. The van der Waals surface area contributed by atoms with E-state index < -0.39 is 29.1 Å². The number of benzene rings is 3. The first kappa shape index (κ1) is 33.1. The summed E-state index contributed by atoms with van der Waals surface area (Å²) in [5.41, 5.74) is 0.715. The van der Waals surface area contributed by atoms with E-state index in [1.807, 2.05) is 39.5 Å². The van der Waals surface area contributed by atoms with Crippen molar-refractivity contribution in [1.82, 2.24) is 4.90 Å². The van der Waals surface area contributed by atoms with E-state index in [-0.39, 0.29) is 52.0 Å². The number of hydrogen-bond donors (Lipinski definition) is 0. The van der Waals surface area contributed by atoms with Crippen LogP contribution >= 0.6 is 11.6 Å². The van der Waals surface area contributed by atoms with Crippen molar-refractivity contribution >= 4 is 28.5 Å². The van der Waals surface area contributed by atoms with Crippen molar-refractivity contribution < 1.29 is 31.9 Å². The molecule has 0 bridgehead atoms. The molecule has 0 amide bonds. The lowest BCUT2D eigenvalue weighted by Crippen LogP contribution is -2.31. The van der Waals surface area contributed by atoms with Gasteiger partial charge in [0.15, 0.2) is 0 Å². The molecule has 0 saturated heterocycles. The molecule has 4 rings (SSSR count). The average molecular weight is 630 g/mol. The van der Waals surface area contributed by atoms with Crippen LogP contribution in [0.5, 0.6) is 17.2 Å². The molecule has 1 aromatic heterocycles. The normalized spacial score (nSPS) is 12.0. The molecule has 10 heteroatoms. The van der Waals surface area contributed by atoms with Gasteiger partial charge in [-0.3, -0.25) is 9.69 Å². The number of nitrogens with zero attached hydrogens (tertiary/aromatic N) is 1. The Morgan fingerprint density at radius 1 is 0.932 bits per heavy atom. The molecule has 0 aliphatic carbocycles. The van der Waals surface area contributed by atoms with Gasteiger partial charge in [-0.05, 0) is 85.3 Å². The number of ether oxygens (including phenoxy) is 2. The van der Waals surface area contributed by atoms with Crippen LogP contribution in [-0.4, -0.2) is 24.0 Å². The molecule has 0 radical (unpaired) electrons. The van der Waals surface area contributed by atoms with Crippen LogP contribution in [0.25, 0.3) is 11.0 Å². The minimum atomic E-state index is -5.06. The fraction of sp³-hybridized carbons (Fsp3) is 0.353. The second-order valence-electron chi connectivity index (χ2n) is 11.7. The standard InChI is InChI=1S/C34H35ClF3NO5/c1-19(2)16-39(17-20(3)4)18-27-28(43-33(41)23-8-10-24(35)11-9-23)14-13-26-29(40)31(32(34(36,37)38)44-30(26)27)42-25-12-7-21(5)22(6)15-25/h7-15,19-20H,16-18H2,1-6H3. The molecular formula is C34H35ClF3NO5. The van der Waals surface area contributed by atoms with Crippen LogP contribution in [0.4, 0.5) is 13.2 Å². The lowest BCUT2D eigenvalue weighted by atomic mass is 10.1. The predicted molar refractivity (Wildman–Crippen MR) is 165 cm³/mol. The molecule has 0 saturated carbocycles. The highest BCUT2D eigenvalue weighted by Crippen LogP contribution is 2.40. The molecule has 3 aromatic carbocycles. The van der Waals surface area contributed by atoms with Gasteiger partial charge in [0.2, 0.25) is 11.2 Å². The molecule has 44 heavy (non-hydrogen) atoms. The smallest absolute Gasteiger partial charge is 0.449 e. The van der Waals surface area contributed by atoms with E-state index >= 15 is 0 Å². The highest BCUT2D eigenvalue weighted by atomic mass is 35.5. The number of aryl methyl sites for hydroxylation is 2. The van der Waals surface area contributed by atoms with E-state index in [1.165, 1.54) is 42.5 Å². The molecule has 1 heterocycles. The molecule has 0 atom stereocenters. The lowest BCUT2D eigenvalue weighted by Gasteiger charge is -2.27. The van der Waals surface area contributed by atoms with Gasteiger partial charge < -0.3 is 13.9 Å². The van der Waals surface area contributed by atoms with Crippen molar-refractivity contribution in [1.29, 1.82) is 0 Å². The van der Waals surface area contributed by atoms with Crippen LogP contribution in [0.3, 0.4) is 0 Å². The van der Waals surface area contributed by atoms with Gasteiger partial charge in [-0.25, -0.2) is 4.79 Å². The summed E-state index contributed by atoms with van der Waals surface area (Å²) in [6, 6.07) is 13.4. The van der Waals surface area contributed by atoms with E-state index in [4.69, 9.17) is 25.5 Å². The fourth-order valence-electron chi connectivity index (χ4n) is 4.90. The largest absolute Gasteiger partial charge is 0.453 e. The number of esters is 1. The van der Waals surface area contributed by atoms with Gasteiger partial charge in [0.1, 0.15) is 17.1 Å². The molecule has 0 fully saturated rings. The number of halogens is 4. The van der Waals surface area contributed by atoms with E-state index in [0.717, 1.165) is 11.1 Å². The third-order valence-electron chi connectivity index (χ3n) is 6.95. The van der Waals surface area contributed by atoms with Gasteiger partial charge in [-0.2, -0.15) is 13.2 Å². The van der Waals surface area contributed by atoms with E-state index in [1.54, 1.807) is 19.1 Å². The summed E-state index contributed by atoms with van der Waals surface area (Å²) < 4.78 is 60.3. The molecule has 0 spiro atoms. The Kier molecular flexibility index (Phi) is 10.1. The third kappa shape index (κ3) is 7.81. The Morgan fingerprint density at radius 2 is 1.57 bits per heavy atom. The van der Waals surface area contributed by atoms with Crippen LogP contribution < -0.4 is 14.9 Å². The summed E-state index contributed by atoms with van der Waals surface area (Å²) in [5, 5.41) is 0.290. The number of carbonyl (C=O) groups excluding carboxylic acids is 1. The Labute approximate surface area is 259 Å². The Balaban J connectivity index is 1.93. The number of alkyl halides is 3. The summed E-state index contributed by atoms with van der Waals surface area (Å²) in [4.78, 5) is 28.8. The topological polar surface area (TPSA) is 69.0 Å². The van der Waals surface area contributed by atoms with Gasteiger partial charge in [-0.15, -0.1) is 0 Å². The van der Waals surface area contributed by atoms with E-state index in [0.29, 0.717) is 18.1 Å². The number of hydrogen-bond acceptors (Lipinski definition) is 6. The van der Waals surface area contributed by atoms with Crippen molar-refractivity contribution in [2.24, 2.45) is 11.8 Å². The average Bonchev–Trinajstić information content (AvgIpc) is 2.92. The van der Waals surface area contributed by atoms with Crippen molar-refractivity contribution in [3.05, 3.63) is 97.9 Å². The second kappa shape index (κ2) is 13.4. The minimum Gasteiger partial charge on any atom is -0.449 e. The molecule has 0 N–H and O–H groups in total. The molecular weight excluding hydrogens is 595 g/mol. The van der Waals surface area contributed by atoms with Crippen LogP contribution in [0, 0.1) is 25.7 Å². The van der Waals surface area contributed by atoms with Crippen molar-refractivity contribution in [3.8, 4) is 17.2 Å². The third-order valence-corrected chi connectivity index (χ3v) is 7.20. The van der Waals surface area contributed by atoms with Gasteiger partial charge in [0, 0.05) is 24.7 Å². The zero-order chi connectivity index (χ0) is 32.3. The highest BCUT2D eigenvalue weighted by molar-refractivity contribution is 6.30. The predicted octanol–water partition coefficient (Wildman–Crippen LogP) is 9.21. The Hall–Kier alpha value is -3.82. The fourth-order valence-corrected chi connectivity index (χ4v) is 5.03. The van der Waals surface area contributed by atoms with Gasteiger partial charge in [0.05, 0.1) is 16.5 Å². The van der Waals surface area contributed by atoms with Crippen LogP contribution in [0.1, 0.15) is 60.5 Å². The Bertz CT molecular complexity index is 1700. The number of fused-ring (bicyclic) bond motifs is 1. The van der Waals surface area contributed by atoms with Gasteiger partial charge in [0.25, 0.3) is 5.76 Å². The molecule has 0 aliphatic heterocycles. The SMILES string of the molecule is Cc1ccc(Oc2c(C(F)(F)F)oc3c(CN(CC(C)C)CC(C)C)c(OC(=O)c4ccc(Cl)cc4)ccc3c2=O)cc1C. The first-order valence-corrected chi connectivity index (χ1v) is 14.7. The number of carbonyl (C=O) groups is 1. The zero-order valence-corrected chi connectivity index (χ0v) is 26.2. The monoisotopic (exact) mass is 629 g/mol. The van der Waals surface area contributed by atoms with Crippen molar-refractivity contribution in [3.63, 3.8) is 0 Å². The van der Waals surface area contributed by atoms with Crippen molar-refractivity contribution in [2.45, 2.75) is 54.3 Å². The van der Waals surface area contributed by atoms with Crippen LogP contribution in [0.2, 0.25) is 5.02 Å². The molecule has 234 valence electrons. The van der Waals surface area contributed by atoms with Crippen molar-refractivity contribution in [2.75, 3.05) is 13.1 Å². The quantitative estimate of drug-likeness (QED) is 0.129. The summed E-state index contributed by atoms with van der Waals surface area (Å²) in [6.45, 7) is 13.0. The first-order chi connectivity index (χ1) is 20.6. The molecule has 0 aliphatic rings. The summed E-state index contributed by atoms with van der Waals surface area (Å²) in [7, 11) is 0. The maximum Gasteiger partial charge on any atom is 0.453 e. The number of rotatable bonds is 10. The maximum atomic E-state index is 14.5. The maximum absolute atomic E-state index is 14.5. The van der Waals surface area contributed by atoms with E-state index in [2.05, 4.69) is 0 Å². The highest BCUT2D eigenvalue weighted by Gasteiger charge is 2.41. The molecule has 0 unspecified atom stereocenters. The summed E-state index contributed by atoms with van der Waals surface area (Å²) in [5.74, 6) is -2.79.